The summed E-state index contributed by atoms with van der Waals surface area (Å²) in [5.41, 5.74) is 1.68. The molecule has 15 nitrogen and oxygen atoms in total. The molecule has 0 saturated carbocycles. The minimum absolute atomic E-state index is 0.103. The Labute approximate surface area is 225 Å². The van der Waals surface area contributed by atoms with E-state index in [1.165, 1.54) is 38.2 Å². The number of hydrogen-bond donors (Lipinski definition) is 1. The van der Waals surface area contributed by atoms with Crippen molar-refractivity contribution in [1.29, 1.82) is 0 Å². The van der Waals surface area contributed by atoms with Gasteiger partial charge in [0.05, 0.1) is 31.8 Å². The summed E-state index contributed by atoms with van der Waals surface area (Å²) in [4.78, 5) is 16.9. The molecule has 0 fully saturated rings. The Kier molecular flexibility index (Phi) is 8.35. The first kappa shape index (κ1) is 27.8. The molecule has 0 unspecified atom stereocenters. The monoisotopic (exact) mass is 558 g/mol. The maximum atomic E-state index is 13.8. The van der Waals surface area contributed by atoms with E-state index >= 15 is 0 Å². The summed E-state index contributed by atoms with van der Waals surface area (Å²) in [6, 6.07) is 1.70. The molecular formula is C23H30N10O5S. The normalized spacial score (nSPS) is 13.2. The van der Waals surface area contributed by atoms with Gasteiger partial charge >= 0.3 is 0 Å². The van der Waals surface area contributed by atoms with Gasteiger partial charge in [-0.2, -0.15) is 15.1 Å². The number of aromatic nitrogens is 9. The van der Waals surface area contributed by atoms with Gasteiger partial charge in [0.2, 0.25) is 27.7 Å². The largest absolute Gasteiger partial charge is 0.479 e. The number of ether oxygens (including phenoxy) is 3. The molecule has 0 aliphatic rings. The maximum Gasteiger partial charge on any atom is 0.245 e. The second-order valence-electron chi connectivity index (χ2n) is 8.52. The van der Waals surface area contributed by atoms with Crippen molar-refractivity contribution in [2.24, 2.45) is 7.05 Å². The smallest absolute Gasteiger partial charge is 0.245 e. The third-order valence-electron chi connectivity index (χ3n) is 5.71. The fourth-order valence-electron chi connectivity index (χ4n) is 3.74. The molecule has 0 amide bonds. The molecule has 1 N–H and O–H groups in total. The van der Waals surface area contributed by atoms with Gasteiger partial charge in [-0.15, -0.1) is 10.2 Å². The van der Waals surface area contributed by atoms with Crippen LogP contribution in [-0.4, -0.2) is 79.0 Å². The van der Waals surface area contributed by atoms with Crippen LogP contribution in [0.15, 0.2) is 31.0 Å². The average Bonchev–Trinajstić information content (AvgIpc) is 3.54. The van der Waals surface area contributed by atoms with E-state index in [1.807, 2.05) is 6.92 Å². The second kappa shape index (κ2) is 11.7. The quantitative estimate of drug-likeness (QED) is 0.268. The Morgan fingerprint density at radius 1 is 1.05 bits per heavy atom. The lowest BCUT2D eigenvalue weighted by molar-refractivity contribution is 0.0495. The van der Waals surface area contributed by atoms with E-state index in [-0.39, 0.29) is 29.2 Å². The third-order valence-corrected chi connectivity index (χ3v) is 7.41. The molecule has 2 atom stereocenters. The standard InChI is InChI=1S/C23H30N10O5S/c1-7-10-38-19(17-12-24-14(2)11-25-17)15(3)39(34,35)31-23-29-28-20(16-8-9-32(4)30-16)33(23)18-21(36-5)26-13-27-22(18)37-6/h8-9,11-13,15,19H,7,10H2,1-6H3,(H,29,31)/t15-,19+/m0/s1. The topological polar surface area (TPSA) is 174 Å². The molecule has 0 saturated heterocycles. The molecular weight excluding hydrogens is 528 g/mol. The Bertz CT molecular complexity index is 1500. The SMILES string of the molecule is CCCO[C@@H](c1cnc(C)cn1)[C@H](C)S(=O)(=O)Nc1nnc(-c2ccn(C)n2)n1-c1c(OC)ncnc1OC. The lowest BCUT2D eigenvalue weighted by atomic mass is 10.2. The van der Waals surface area contributed by atoms with Gasteiger partial charge in [0.15, 0.2) is 11.5 Å². The fourth-order valence-corrected chi connectivity index (χ4v) is 4.85. The maximum absolute atomic E-state index is 13.8. The van der Waals surface area contributed by atoms with Crippen LogP contribution in [0.25, 0.3) is 17.2 Å². The van der Waals surface area contributed by atoms with Crippen molar-refractivity contribution in [1.82, 2.24) is 44.5 Å². The Morgan fingerprint density at radius 3 is 2.33 bits per heavy atom. The van der Waals surface area contributed by atoms with E-state index in [0.29, 0.717) is 30.1 Å². The van der Waals surface area contributed by atoms with Crippen molar-refractivity contribution in [2.45, 2.75) is 38.5 Å². The van der Waals surface area contributed by atoms with Gasteiger partial charge in [-0.3, -0.25) is 19.4 Å². The van der Waals surface area contributed by atoms with Gasteiger partial charge in [0.25, 0.3) is 0 Å². The number of aryl methyl sites for hydroxylation is 2. The van der Waals surface area contributed by atoms with E-state index in [1.54, 1.807) is 37.1 Å². The fraction of sp³-hybridized carbons (Fsp3) is 0.435. The molecule has 4 aromatic rings. The van der Waals surface area contributed by atoms with Gasteiger partial charge in [0, 0.05) is 26.0 Å². The van der Waals surface area contributed by atoms with Crippen LogP contribution in [0.1, 0.15) is 37.8 Å². The molecule has 0 bridgehead atoms. The Morgan fingerprint density at radius 2 is 1.77 bits per heavy atom. The molecule has 4 rings (SSSR count). The van der Waals surface area contributed by atoms with Crippen molar-refractivity contribution >= 4 is 16.0 Å². The van der Waals surface area contributed by atoms with E-state index in [4.69, 9.17) is 14.2 Å². The average molecular weight is 559 g/mol. The van der Waals surface area contributed by atoms with Crippen LogP contribution in [0.2, 0.25) is 0 Å². The number of sulfonamides is 1. The minimum Gasteiger partial charge on any atom is -0.479 e. The van der Waals surface area contributed by atoms with E-state index in [0.717, 1.165) is 0 Å². The molecule has 39 heavy (non-hydrogen) atoms. The molecule has 0 radical (unpaired) electrons. The van der Waals surface area contributed by atoms with Crippen LogP contribution in [0.5, 0.6) is 11.8 Å². The Balaban J connectivity index is 1.81. The second-order valence-corrected chi connectivity index (χ2v) is 10.6. The van der Waals surface area contributed by atoms with Gasteiger partial charge < -0.3 is 14.2 Å². The van der Waals surface area contributed by atoms with Gasteiger partial charge in [0.1, 0.15) is 23.4 Å². The number of anilines is 1. The van der Waals surface area contributed by atoms with Gasteiger partial charge in [-0.25, -0.2) is 13.0 Å². The molecule has 16 heteroatoms. The summed E-state index contributed by atoms with van der Waals surface area (Å²) in [6.07, 6.45) is 5.84. The Hall–Kier alpha value is -4.18. The number of rotatable bonds is 12. The zero-order chi connectivity index (χ0) is 28.2. The van der Waals surface area contributed by atoms with Crippen LogP contribution in [0, 0.1) is 6.92 Å². The highest BCUT2D eigenvalue weighted by Gasteiger charge is 2.35. The van der Waals surface area contributed by atoms with E-state index in [9.17, 15) is 8.42 Å². The first-order chi connectivity index (χ1) is 18.7. The highest BCUT2D eigenvalue weighted by atomic mass is 32.2. The summed E-state index contributed by atoms with van der Waals surface area (Å²) < 4.78 is 49.8. The minimum atomic E-state index is -4.15. The van der Waals surface area contributed by atoms with Crippen molar-refractivity contribution in [3.8, 4) is 29.0 Å². The number of nitrogens with zero attached hydrogens (tertiary/aromatic N) is 9. The number of nitrogens with one attached hydrogen (secondary N) is 1. The first-order valence-corrected chi connectivity index (χ1v) is 13.5. The molecule has 4 heterocycles. The van der Waals surface area contributed by atoms with Gasteiger partial charge in [-0.05, 0) is 26.3 Å². The van der Waals surface area contributed by atoms with Crippen LogP contribution in [0.4, 0.5) is 5.95 Å². The molecule has 0 aromatic carbocycles. The van der Waals surface area contributed by atoms with Crippen LogP contribution >= 0.6 is 0 Å². The third kappa shape index (κ3) is 5.80. The van der Waals surface area contributed by atoms with Gasteiger partial charge in [-0.1, -0.05) is 6.92 Å². The summed E-state index contributed by atoms with van der Waals surface area (Å²) in [5, 5.41) is 11.7. The summed E-state index contributed by atoms with van der Waals surface area (Å²) >= 11 is 0. The summed E-state index contributed by atoms with van der Waals surface area (Å²) in [5.74, 6) is 0.256. The zero-order valence-corrected chi connectivity index (χ0v) is 23.2. The lowest BCUT2D eigenvalue weighted by Crippen LogP contribution is -2.34. The van der Waals surface area contributed by atoms with Crippen LogP contribution in [-0.2, 0) is 21.8 Å². The van der Waals surface area contributed by atoms with Crippen LogP contribution < -0.4 is 14.2 Å². The van der Waals surface area contributed by atoms with Crippen molar-refractivity contribution < 1.29 is 22.6 Å². The van der Waals surface area contributed by atoms with Crippen molar-refractivity contribution in [3.63, 3.8) is 0 Å². The number of hydrogen-bond acceptors (Lipinski definition) is 12. The highest BCUT2D eigenvalue weighted by molar-refractivity contribution is 7.93. The predicted octanol–water partition coefficient (Wildman–Crippen LogP) is 1.87. The summed E-state index contributed by atoms with van der Waals surface area (Å²) in [6.45, 7) is 5.58. The first-order valence-electron chi connectivity index (χ1n) is 12.0. The molecule has 0 spiro atoms. The molecule has 0 aliphatic heterocycles. The highest BCUT2D eigenvalue weighted by Crippen LogP contribution is 2.35. The lowest BCUT2D eigenvalue weighted by Gasteiger charge is -2.24. The molecule has 208 valence electrons. The van der Waals surface area contributed by atoms with Crippen molar-refractivity contribution in [2.75, 3.05) is 25.5 Å². The summed E-state index contributed by atoms with van der Waals surface area (Å²) in [7, 11) is 0.428. The van der Waals surface area contributed by atoms with E-state index in [2.05, 4.69) is 40.0 Å². The molecule has 4 aromatic heterocycles. The van der Waals surface area contributed by atoms with Crippen molar-refractivity contribution in [3.05, 3.63) is 42.4 Å². The van der Waals surface area contributed by atoms with E-state index < -0.39 is 21.4 Å². The van der Waals surface area contributed by atoms with Crippen LogP contribution in [0.3, 0.4) is 0 Å². The number of methoxy groups -OCH3 is 2. The molecule has 0 aliphatic carbocycles. The zero-order valence-electron chi connectivity index (χ0n) is 22.4. The predicted molar refractivity (Wildman–Crippen MR) is 140 cm³/mol.